The molecule has 0 aliphatic carbocycles. The number of esters is 1. The summed E-state index contributed by atoms with van der Waals surface area (Å²) >= 11 is 1.09. The first-order valence-corrected chi connectivity index (χ1v) is 8.35. The summed E-state index contributed by atoms with van der Waals surface area (Å²) in [7, 11) is 1.55. The average molecular weight is 339 g/mol. The van der Waals surface area contributed by atoms with Gasteiger partial charge in [0.1, 0.15) is 15.8 Å². The van der Waals surface area contributed by atoms with Gasteiger partial charge in [-0.15, -0.1) is 11.3 Å². The number of aryl methyl sites for hydroxylation is 1. The first kappa shape index (κ1) is 17.4. The molecule has 0 aliphatic heterocycles. The summed E-state index contributed by atoms with van der Waals surface area (Å²) in [6, 6.07) is 1.48. The summed E-state index contributed by atoms with van der Waals surface area (Å²) in [6.45, 7) is 8.37. The van der Waals surface area contributed by atoms with E-state index in [0.29, 0.717) is 21.6 Å². The monoisotopic (exact) mass is 339 g/mol. The highest BCUT2D eigenvalue weighted by Crippen LogP contribution is 2.22. The van der Waals surface area contributed by atoms with Crippen LogP contribution in [0.4, 0.5) is 0 Å². The topological polar surface area (TPSA) is 84.4 Å². The number of carbonyl (C=O) groups excluding carboxylic acids is 1. The molecule has 0 amide bonds. The summed E-state index contributed by atoms with van der Waals surface area (Å²) in [5, 5.41) is 0.320. The van der Waals surface area contributed by atoms with Crippen LogP contribution in [-0.4, -0.2) is 46.2 Å². The zero-order valence-corrected chi connectivity index (χ0v) is 14.5. The Morgan fingerprint density at radius 1 is 1.39 bits per heavy atom. The van der Waals surface area contributed by atoms with E-state index in [1.165, 1.54) is 10.6 Å². The molecule has 0 radical (unpaired) electrons. The van der Waals surface area contributed by atoms with Crippen molar-refractivity contribution in [1.82, 2.24) is 14.5 Å². The largest absolute Gasteiger partial charge is 0.457 e. The minimum Gasteiger partial charge on any atom is -0.457 e. The van der Waals surface area contributed by atoms with Gasteiger partial charge in [-0.3, -0.25) is 14.3 Å². The number of hydrogen-bond donors (Lipinski definition) is 1. The Hall–Kier alpha value is -1.93. The number of hydrogen-bond acceptors (Lipinski definition) is 6. The average Bonchev–Trinajstić information content (AvgIpc) is 2.96. The zero-order valence-electron chi connectivity index (χ0n) is 13.7. The molecule has 8 heteroatoms. The van der Waals surface area contributed by atoms with Gasteiger partial charge in [0.05, 0.1) is 5.39 Å². The Balaban J connectivity index is 2.22. The number of aromatic nitrogens is 2. The van der Waals surface area contributed by atoms with E-state index in [4.69, 9.17) is 4.74 Å². The van der Waals surface area contributed by atoms with Gasteiger partial charge in [0.25, 0.3) is 5.56 Å². The third-order valence-electron chi connectivity index (χ3n) is 3.71. The van der Waals surface area contributed by atoms with Gasteiger partial charge in [0.15, 0.2) is 0 Å². The van der Waals surface area contributed by atoms with Crippen LogP contribution in [-0.2, 0) is 11.8 Å². The highest BCUT2D eigenvalue weighted by molar-refractivity contribution is 7.20. The van der Waals surface area contributed by atoms with Crippen molar-refractivity contribution in [3.63, 3.8) is 0 Å². The molecule has 0 aliphatic rings. The minimum absolute atomic E-state index is 0.255. The van der Waals surface area contributed by atoms with Crippen LogP contribution in [0, 0.1) is 0 Å². The van der Waals surface area contributed by atoms with Crippen molar-refractivity contribution in [1.29, 1.82) is 0 Å². The maximum Gasteiger partial charge on any atom is 0.348 e. The molecule has 0 aromatic carbocycles. The van der Waals surface area contributed by atoms with Crippen molar-refractivity contribution in [2.45, 2.75) is 26.9 Å². The Bertz CT molecular complexity index is 816. The molecule has 1 atom stereocenters. The van der Waals surface area contributed by atoms with E-state index in [9.17, 15) is 14.4 Å². The van der Waals surface area contributed by atoms with E-state index in [-0.39, 0.29) is 6.10 Å². The van der Waals surface area contributed by atoms with E-state index in [2.05, 4.69) is 23.7 Å². The Kier molecular flexibility index (Phi) is 5.38. The summed E-state index contributed by atoms with van der Waals surface area (Å²) in [4.78, 5) is 40.8. The number of nitrogens with zero attached hydrogens (tertiary/aromatic N) is 2. The van der Waals surface area contributed by atoms with Gasteiger partial charge >= 0.3 is 11.7 Å². The Labute approximate surface area is 137 Å². The number of aromatic amines is 1. The number of carbonyl (C=O) groups is 1. The molecule has 126 valence electrons. The van der Waals surface area contributed by atoms with Gasteiger partial charge in [-0.2, -0.15) is 0 Å². The maximum atomic E-state index is 12.3. The number of likely N-dealkylation sites (N-methyl/N-ethyl adjacent to an activating group) is 1. The summed E-state index contributed by atoms with van der Waals surface area (Å²) < 4.78 is 6.76. The molecule has 2 heterocycles. The van der Waals surface area contributed by atoms with Gasteiger partial charge in [-0.25, -0.2) is 9.59 Å². The predicted molar refractivity (Wildman–Crippen MR) is 90.4 cm³/mol. The highest BCUT2D eigenvalue weighted by atomic mass is 32.1. The lowest BCUT2D eigenvalue weighted by Crippen LogP contribution is -2.33. The van der Waals surface area contributed by atoms with Crippen LogP contribution in [0.1, 0.15) is 30.4 Å². The van der Waals surface area contributed by atoms with E-state index in [1.807, 2.05) is 6.92 Å². The SMILES string of the molecule is CCN(CC)CC(C)OC(=O)c1cc2c(=O)[nH]c(=O)n(C)c2s1. The van der Waals surface area contributed by atoms with Crippen molar-refractivity contribution >= 4 is 27.5 Å². The fourth-order valence-electron chi connectivity index (χ4n) is 2.36. The lowest BCUT2D eigenvalue weighted by atomic mass is 10.3. The van der Waals surface area contributed by atoms with Crippen molar-refractivity contribution in [2.75, 3.05) is 19.6 Å². The van der Waals surface area contributed by atoms with Crippen LogP contribution in [0.25, 0.3) is 10.2 Å². The highest BCUT2D eigenvalue weighted by Gasteiger charge is 2.19. The lowest BCUT2D eigenvalue weighted by Gasteiger charge is -2.22. The van der Waals surface area contributed by atoms with Crippen molar-refractivity contribution in [2.24, 2.45) is 7.05 Å². The molecule has 2 rings (SSSR count). The van der Waals surface area contributed by atoms with Crippen LogP contribution in [0.15, 0.2) is 15.7 Å². The summed E-state index contributed by atoms with van der Waals surface area (Å²) in [5.74, 6) is -0.474. The number of H-pyrrole nitrogens is 1. The molecule has 7 nitrogen and oxygen atoms in total. The van der Waals surface area contributed by atoms with Crippen molar-refractivity contribution in [3.05, 3.63) is 31.8 Å². The van der Waals surface area contributed by atoms with Crippen LogP contribution >= 0.6 is 11.3 Å². The van der Waals surface area contributed by atoms with Crippen molar-refractivity contribution < 1.29 is 9.53 Å². The fraction of sp³-hybridized carbons (Fsp3) is 0.533. The second kappa shape index (κ2) is 7.10. The van der Waals surface area contributed by atoms with Crippen LogP contribution < -0.4 is 11.2 Å². The maximum absolute atomic E-state index is 12.3. The lowest BCUT2D eigenvalue weighted by molar-refractivity contribution is 0.0266. The quantitative estimate of drug-likeness (QED) is 0.799. The molecule has 0 saturated heterocycles. The number of ether oxygens (including phenoxy) is 1. The molecule has 0 saturated carbocycles. The molecular formula is C15H21N3O4S. The Morgan fingerprint density at radius 3 is 2.65 bits per heavy atom. The molecule has 2 aromatic rings. The summed E-state index contributed by atoms with van der Waals surface area (Å²) in [5.41, 5.74) is -0.992. The third-order valence-corrected chi connectivity index (χ3v) is 4.90. The second-order valence-electron chi connectivity index (χ2n) is 5.35. The van der Waals surface area contributed by atoms with Crippen molar-refractivity contribution in [3.8, 4) is 0 Å². The number of thiophene rings is 1. The molecule has 23 heavy (non-hydrogen) atoms. The zero-order chi connectivity index (χ0) is 17.1. The fourth-order valence-corrected chi connectivity index (χ4v) is 3.36. The third kappa shape index (κ3) is 3.70. The van der Waals surface area contributed by atoms with Crippen LogP contribution in [0.2, 0.25) is 0 Å². The molecular weight excluding hydrogens is 318 g/mol. The molecule has 1 N–H and O–H groups in total. The van der Waals surface area contributed by atoms with E-state index < -0.39 is 17.2 Å². The standard InChI is InChI=1S/C15H21N3O4S/c1-5-18(6-2)8-9(3)22-14(20)11-7-10-12(19)16-15(21)17(4)13(10)23-11/h7,9H,5-6,8H2,1-4H3,(H,16,19,21). The summed E-state index contributed by atoms with van der Waals surface area (Å²) in [6.07, 6.45) is -0.255. The number of nitrogens with one attached hydrogen (secondary N) is 1. The van der Waals surface area contributed by atoms with E-state index in [0.717, 1.165) is 24.4 Å². The van der Waals surface area contributed by atoms with Gasteiger partial charge < -0.3 is 9.64 Å². The molecule has 1 unspecified atom stereocenters. The Morgan fingerprint density at radius 2 is 2.04 bits per heavy atom. The van der Waals surface area contributed by atoms with E-state index >= 15 is 0 Å². The first-order chi connectivity index (χ1) is 10.9. The predicted octanol–water partition coefficient (Wildman–Crippen LogP) is 1.18. The molecule has 0 bridgehead atoms. The second-order valence-corrected chi connectivity index (χ2v) is 6.38. The normalized spacial score (nSPS) is 12.7. The van der Waals surface area contributed by atoms with Gasteiger partial charge in [-0.05, 0) is 26.1 Å². The van der Waals surface area contributed by atoms with Gasteiger partial charge in [0.2, 0.25) is 0 Å². The van der Waals surface area contributed by atoms with Gasteiger partial charge in [-0.1, -0.05) is 13.8 Å². The molecule has 0 fully saturated rings. The van der Waals surface area contributed by atoms with Gasteiger partial charge in [0, 0.05) is 13.6 Å². The molecule has 2 aromatic heterocycles. The minimum atomic E-state index is -0.501. The van der Waals surface area contributed by atoms with Crippen LogP contribution in [0.3, 0.4) is 0 Å². The first-order valence-electron chi connectivity index (χ1n) is 7.53. The van der Waals surface area contributed by atoms with E-state index in [1.54, 1.807) is 7.05 Å². The smallest absolute Gasteiger partial charge is 0.348 e. The number of fused-ring (bicyclic) bond motifs is 1. The van der Waals surface area contributed by atoms with Crippen LogP contribution in [0.5, 0.6) is 0 Å². The molecule has 0 spiro atoms. The number of rotatable bonds is 6.